The van der Waals surface area contributed by atoms with Crippen molar-refractivity contribution in [3.8, 4) is 17.1 Å². The molecule has 2 aromatic carbocycles. The lowest BCUT2D eigenvalue weighted by atomic mass is 9.97. The van der Waals surface area contributed by atoms with Gasteiger partial charge in [0, 0.05) is 23.7 Å². The lowest BCUT2D eigenvalue weighted by Crippen LogP contribution is -2.27. The second-order valence-electron chi connectivity index (χ2n) is 6.83. The molecular formula is C21H22N4O3S. The van der Waals surface area contributed by atoms with E-state index in [1.807, 2.05) is 30.3 Å². The van der Waals surface area contributed by atoms with E-state index in [4.69, 9.17) is 31.9 Å². The van der Waals surface area contributed by atoms with E-state index in [0.29, 0.717) is 23.3 Å². The molecule has 0 saturated heterocycles. The average molecular weight is 410 g/mol. The molecule has 29 heavy (non-hydrogen) atoms. The summed E-state index contributed by atoms with van der Waals surface area (Å²) in [7, 11) is 0. The summed E-state index contributed by atoms with van der Waals surface area (Å²) in [5, 5.41) is 7.37. The molecule has 1 aromatic heterocycles. The van der Waals surface area contributed by atoms with Gasteiger partial charge in [0.15, 0.2) is 6.79 Å². The largest absolute Gasteiger partial charge is 0.467 e. The molecule has 1 atom stereocenters. The van der Waals surface area contributed by atoms with Crippen LogP contribution in [0.5, 0.6) is 5.75 Å². The monoisotopic (exact) mass is 410 g/mol. The summed E-state index contributed by atoms with van der Waals surface area (Å²) in [6.07, 6.45) is 0.846. The maximum absolute atomic E-state index is 6.08. The minimum Gasteiger partial charge on any atom is -0.467 e. The van der Waals surface area contributed by atoms with Crippen molar-refractivity contribution < 1.29 is 14.0 Å². The minimum atomic E-state index is -0.319. The zero-order valence-electron chi connectivity index (χ0n) is 16.3. The Morgan fingerprint density at radius 3 is 2.72 bits per heavy atom. The van der Waals surface area contributed by atoms with Crippen molar-refractivity contribution in [2.75, 3.05) is 12.1 Å². The molecular weight excluding hydrogens is 388 g/mol. The third-order valence-corrected chi connectivity index (χ3v) is 5.03. The molecule has 0 saturated carbocycles. The highest BCUT2D eigenvalue weighted by molar-refractivity contribution is 7.80. The van der Waals surface area contributed by atoms with Crippen LogP contribution >= 0.6 is 12.2 Å². The zero-order chi connectivity index (χ0) is 20.4. The summed E-state index contributed by atoms with van der Waals surface area (Å²) in [6, 6.07) is 11.6. The van der Waals surface area contributed by atoms with E-state index in [9.17, 15) is 0 Å². The number of benzene rings is 2. The number of hydrogen-bond acceptors (Lipinski definition) is 7. The van der Waals surface area contributed by atoms with E-state index in [1.54, 1.807) is 6.92 Å². The Morgan fingerprint density at radius 2 is 2.07 bits per heavy atom. The van der Waals surface area contributed by atoms with Crippen molar-refractivity contribution in [2.24, 2.45) is 5.73 Å². The molecule has 8 heteroatoms. The van der Waals surface area contributed by atoms with E-state index in [0.717, 1.165) is 40.1 Å². The fourth-order valence-corrected chi connectivity index (χ4v) is 3.57. The van der Waals surface area contributed by atoms with Crippen molar-refractivity contribution in [2.45, 2.75) is 32.9 Å². The number of aryl methyl sites for hydroxylation is 2. The van der Waals surface area contributed by atoms with Gasteiger partial charge in [-0.15, -0.1) is 0 Å². The number of thiocarbonyl (C=S) groups is 1. The van der Waals surface area contributed by atoms with Gasteiger partial charge >= 0.3 is 0 Å². The molecule has 1 unspecified atom stereocenters. The van der Waals surface area contributed by atoms with Crippen LogP contribution in [0.3, 0.4) is 0 Å². The van der Waals surface area contributed by atoms with Crippen LogP contribution in [0.2, 0.25) is 0 Å². The SMILES string of the molecule is CCc1cc(C(Nc2ccc(-c3noc(C)n3)cc2)C(N)=S)cc2c1OCOC2. The molecule has 3 aromatic rings. The Hall–Kier alpha value is -2.97. The molecule has 1 aliphatic rings. The Kier molecular flexibility index (Phi) is 5.46. The molecule has 0 aliphatic carbocycles. The molecule has 4 rings (SSSR count). The van der Waals surface area contributed by atoms with Crippen LogP contribution in [-0.2, 0) is 17.8 Å². The number of nitrogens with two attached hydrogens (primary N) is 1. The van der Waals surface area contributed by atoms with Crippen LogP contribution in [0.1, 0.15) is 35.5 Å². The molecule has 150 valence electrons. The fourth-order valence-electron chi connectivity index (χ4n) is 3.37. The van der Waals surface area contributed by atoms with Gasteiger partial charge in [0.05, 0.1) is 11.6 Å². The number of nitrogens with zero attached hydrogens (tertiary/aromatic N) is 2. The molecule has 0 fully saturated rings. The summed E-state index contributed by atoms with van der Waals surface area (Å²) < 4.78 is 16.2. The van der Waals surface area contributed by atoms with E-state index >= 15 is 0 Å². The first-order valence-electron chi connectivity index (χ1n) is 9.38. The van der Waals surface area contributed by atoms with Gasteiger partial charge < -0.3 is 25.0 Å². The van der Waals surface area contributed by atoms with Crippen molar-refractivity contribution in [1.82, 2.24) is 10.1 Å². The van der Waals surface area contributed by atoms with Crippen LogP contribution in [0.4, 0.5) is 5.69 Å². The van der Waals surface area contributed by atoms with Crippen LogP contribution < -0.4 is 15.8 Å². The number of fused-ring (bicyclic) bond motifs is 1. The molecule has 3 N–H and O–H groups in total. The van der Waals surface area contributed by atoms with Gasteiger partial charge in [0.1, 0.15) is 11.8 Å². The third kappa shape index (κ3) is 4.08. The van der Waals surface area contributed by atoms with E-state index in [2.05, 4.69) is 28.4 Å². The topological polar surface area (TPSA) is 95.4 Å². The summed E-state index contributed by atoms with van der Waals surface area (Å²) >= 11 is 5.36. The normalized spacial score (nSPS) is 14.0. The number of aromatic nitrogens is 2. The van der Waals surface area contributed by atoms with Crippen LogP contribution in [0.15, 0.2) is 40.9 Å². The lowest BCUT2D eigenvalue weighted by Gasteiger charge is -2.25. The highest BCUT2D eigenvalue weighted by Gasteiger charge is 2.21. The van der Waals surface area contributed by atoms with Crippen LogP contribution in [0, 0.1) is 6.92 Å². The summed E-state index contributed by atoms with van der Waals surface area (Å²) in [5.41, 5.74) is 11.0. The molecule has 7 nitrogen and oxygen atoms in total. The smallest absolute Gasteiger partial charge is 0.223 e. The summed E-state index contributed by atoms with van der Waals surface area (Å²) in [5.74, 6) is 1.99. The molecule has 0 bridgehead atoms. The molecule has 0 amide bonds. The van der Waals surface area contributed by atoms with Crippen molar-refractivity contribution >= 4 is 22.9 Å². The number of rotatable bonds is 6. The van der Waals surface area contributed by atoms with Gasteiger partial charge in [-0.3, -0.25) is 0 Å². The quantitative estimate of drug-likeness (QED) is 0.591. The third-order valence-electron chi connectivity index (χ3n) is 4.79. The molecule has 0 spiro atoms. The first-order chi connectivity index (χ1) is 14.0. The van der Waals surface area contributed by atoms with Crippen LogP contribution in [-0.4, -0.2) is 21.9 Å². The number of hydrogen-bond donors (Lipinski definition) is 2. The molecule has 1 aliphatic heterocycles. The number of nitrogens with one attached hydrogen (secondary N) is 1. The van der Waals surface area contributed by atoms with Gasteiger partial charge in [-0.25, -0.2) is 0 Å². The lowest BCUT2D eigenvalue weighted by molar-refractivity contribution is -0.0170. The molecule has 2 heterocycles. The average Bonchev–Trinajstić information content (AvgIpc) is 3.17. The fraction of sp³-hybridized carbons (Fsp3) is 0.286. The van der Waals surface area contributed by atoms with Gasteiger partial charge in [0.25, 0.3) is 0 Å². The Balaban J connectivity index is 1.61. The zero-order valence-corrected chi connectivity index (χ0v) is 17.1. The first kappa shape index (κ1) is 19.4. The Bertz CT molecular complexity index is 1020. The van der Waals surface area contributed by atoms with Crippen molar-refractivity contribution in [3.63, 3.8) is 0 Å². The van der Waals surface area contributed by atoms with Crippen molar-refractivity contribution in [1.29, 1.82) is 0 Å². The van der Waals surface area contributed by atoms with E-state index < -0.39 is 0 Å². The van der Waals surface area contributed by atoms with Crippen molar-refractivity contribution in [3.05, 3.63) is 59.0 Å². The highest BCUT2D eigenvalue weighted by Crippen LogP contribution is 2.33. The van der Waals surface area contributed by atoms with Gasteiger partial charge in [-0.2, -0.15) is 4.98 Å². The number of anilines is 1. The van der Waals surface area contributed by atoms with E-state index in [-0.39, 0.29) is 12.8 Å². The second kappa shape index (κ2) is 8.18. The number of ether oxygens (including phenoxy) is 2. The van der Waals surface area contributed by atoms with Gasteiger partial charge in [-0.1, -0.05) is 24.3 Å². The van der Waals surface area contributed by atoms with Crippen LogP contribution in [0.25, 0.3) is 11.4 Å². The maximum atomic E-state index is 6.08. The summed E-state index contributed by atoms with van der Waals surface area (Å²) in [4.78, 5) is 4.61. The van der Waals surface area contributed by atoms with Gasteiger partial charge in [-0.05, 0) is 53.9 Å². The highest BCUT2D eigenvalue weighted by atomic mass is 32.1. The minimum absolute atomic E-state index is 0.280. The maximum Gasteiger partial charge on any atom is 0.223 e. The van der Waals surface area contributed by atoms with Gasteiger partial charge in [0.2, 0.25) is 11.7 Å². The molecule has 0 radical (unpaired) electrons. The Labute approximate surface area is 174 Å². The Morgan fingerprint density at radius 1 is 1.28 bits per heavy atom. The standard InChI is InChI=1S/C21H22N4O3S/c1-3-13-8-15(9-16-10-26-11-27-19(13)16)18(20(22)29)24-17-6-4-14(5-7-17)21-23-12(2)28-25-21/h4-9,18,24H,3,10-11H2,1-2H3,(H2,22,29). The predicted molar refractivity (Wildman–Crippen MR) is 114 cm³/mol. The second-order valence-corrected chi connectivity index (χ2v) is 7.30. The first-order valence-corrected chi connectivity index (χ1v) is 9.79. The predicted octanol–water partition coefficient (Wildman–Crippen LogP) is 3.91. The van der Waals surface area contributed by atoms with E-state index in [1.165, 1.54) is 0 Å². The summed E-state index contributed by atoms with van der Waals surface area (Å²) in [6.45, 7) is 4.65.